The molecule has 1 N–H and O–H groups in total. The van der Waals surface area contributed by atoms with E-state index in [1.54, 1.807) is 25.1 Å². The molecule has 3 amide bonds. The Balaban J connectivity index is 1.77. The van der Waals surface area contributed by atoms with Crippen LogP contribution in [-0.4, -0.2) is 49.3 Å². The van der Waals surface area contributed by atoms with Crippen LogP contribution in [0.5, 0.6) is 5.75 Å². The van der Waals surface area contributed by atoms with Crippen LogP contribution < -0.4 is 10.1 Å². The highest BCUT2D eigenvalue weighted by atomic mass is 28.4. The van der Waals surface area contributed by atoms with Gasteiger partial charge in [-0.2, -0.15) is 0 Å². The lowest BCUT2D eigenvalue weighted by molar-refractivity contribution is -0.157. The molecule has 0 spiro atoms. The minimum Gasteiger partial charge on any atom is -0.467 e. The van der Waals surface area contributed by atoms with Crippen LogP contribution in [0.4, 0.5) is 0 Å². The average molecular weight is 489 g/mol. The number of para-hydroxylation sites is 1. The van der Waals surface area contributed by atoms with Crippen molar-refractivity contribution in [1.29, 1.82) is 0 Å². The van der Waals surface area contributed by atoms with Gasteiger partial charge >= 0.3 is 0 Å². The number of hydrogen-bond donors (Lipinski definition) is 1. The summed E-state index contributed by atoms with van der Waals surface area (Å²) in [4.78, 5) is 40.9. The molecular formula is C26H40N2O5Si. The van der Waals surface area contributed by atoms with Crippen LogP contribution in [0.25, 0.3) is 0 Å². The van der Waals surface area contributed by atoms with E-state index in [4.69, 9.17) is 9.16 Å². The Morgan fingerprint density at radius 1 is 1.21 bits per heavy atom. The maximum Gasteiger partial charge on any atom is 0.267 e. The number of benzene rings is 1. The fourth-order valence-electron chi connectivity index (χ4n) is 4.54. The second kappa shape index (κ2) is 9.45. The number of carbonyl (C=O) groups is 3. The van der Waals surface area contributed by atoms with Crippen molar-refractivity contribution in [3.63, 3.8) is 0 Å². The topological polar surface area (TPSA) is 84.9 Å². The first-order chi connectivity index (χ1) is 15.8. The molecule has 2 heterocycles. The number of nitrogens with zero attached hydrogens (tertiary/aromatic N) is 1. The van der Waals surface area contributed by atoms with Crippen LogP contribution in [-0.2, 0) is 14.0 Å². The number of ether oxygens (including phenoxy) is 1. The zero-order valence-corrected chi connectivity index (χ0v) is 22.9. The average Bonchev–Trinajstić information content (AvgIpc) is 2.78. The molecule has 2 aliphatic heterocycles. The van der Waals surface area contributed by atoms with Gasteiger partial charge in [-0.3, -0.25) is 14.4 Å². The molecule has 1 aromatic rings. The summed E-state index contributed by atoms with van der Waals surface area (Å²) < 4.78 is 12.5. The molecule has 0 radical (unpaired) electrons. The van der Waals surface area contributed by atoms with E-state index in [1.807, 2.05) is 19.9 Å². The Morgan fingerprint density at radius 2 is 1.82 bits per heavy atom. The van der Waals surface area contributed by atoms with Crippen LogP contribution in [0.2, 0.25) is 18.1 Å². The molecule has 1 saturated heterocycles. The van der Waals surface area contributed by atoms with Crippen LogP contribution in [0.1, 0.15) is 71.2 Å². The third-order valence-electron chi connectivity index (χ3n) is 8.06. The van der Waals surface area contributed by atoms with Gasteiger partial charge in [0, 0.05) is 19.4 Å². The summed E-state index contributed by atoms with van der Waals surface area (Å²) in [5.41, 5.74) is -0.650. The molecule has 188 valence electrons. The van der Waals surface area contributed by atoms with Crippen LogP contribution in [0, 0.1) is 11.8 Å². The predicted octanol–water partition coefficient (Wildman–Crippen LogP) is 4.73. The third-order valence-corrected chi connectivity index (χ3v) is 12.6. The molecule has 8 heteroatoms. The fourth-order valence-corrected chi connectivity index (χ4v) is 5.60. The van der Waals surface area contributed by atoms with Crippen molar-refractivity contribution in [2.24, 2.45) is 11.8 Å². The maximum absolute atomic E-state index is 13.8. The Labute approximate surface area is 204 Å². The third kappa shape index (κ3) is 4.54. The highest BCUT2D eigenvalue weighted by Crippen LogP contribution is 2.40. The summed E-state index contributed by atoms with van der Waals surface area (Å²) in [6.07, 6.45) is 1.51. The molecule has 1 fully saturated rings. The molecule has 0 saturated carbocycles. The van der Waals surface area contributed by atoms with Crippen molar-refractivity contribution < 1.29 is 23.5 Å². The molecule has 2 aliphatic rings. The van der Waals surface area contributed by atoms with Crippen LogP contribution in [0.15, 0.2) is 24.3 Å². The lowest BCUT2D eigenvalue weighted by Crippen LogP contribution is -2.67. The summed E-state index contributed by atoms with van der Waals surface area (Å²) in [5, 5.41) is 2.99. The highest BCUT2D eigenvalue weighted by Gasteiger charge is 2.53. The first kappa shape index (κ1) is 26.4. The van der Waals surface area contributed by atoms with Gasteiger partial charge in [-0.1, -0.05) is 53.7 Å². The van der Waals surface area contributed by atoms with Gasteiger partial charge in [0.05, 0.1) is 23.4 Å². The summed E-state index contributed by atoms with van der Waals surface area (Å²) in [6, 6.07) is 6.71. The normalized spacial score (nSPS) is 22.9. The van der Waals surface area contributed by atoms with Gasteiger partial charge in [-0.25, -0.2) is 4.90 Å². The lowest BCUT2D eigenvalue weighted by atomic mass is 9.79. The Bertz CT molecular complexity index is 951. The molecule has 34 heavy (non-hydrogen) atoms. The molecule has 3 atom stereocenters. The second-order valence-corrected chi connectivity index (χ2v) is 15.9. The number of carbonyl (C=O) groups excluding carboxylic acids is 3. The number of fused-ring (bicyclic) bond motifs is 1. The Hall–Kier alpha value is -2.19. The number of hydrogen-bond acceptors (Lipinski definition) is 5. The molecule has 0 bridgehead atoms. The van der Waals surface area contributed by atoms with E-state index in [1.165, 1.54) is 4.90 Å². The molecule has 1 unspecified atom stereocenters. The number of amides is 3. The van der Waals surface area contributed by atoms with Gasteiger partial charge in [-0.05, 0) is 36.7 Å². The van der Waals surface area contributed by atoms with Gasteiger partial charge < -0.3 is 14.5 Å². The van der Waals surface area contributed by atoms with E-state index in [0.717, 1.165) is 0 Å². The standard InChI is InChI=1S/C26H40N2O5Si/c1-9-26(10-2)28(24(31)18-13-11-12-14-20(18)33-26)23(30)17(3)21-19(22(29)27-21)15-16-32-34(7,8)25(4,5)6/h11-14,17,19,21H,9-10,15-16H2,1-8H3,(H,27,29)/t17?,19-,21-/m1/s1. The van der Waals surface area contributed by atoms with Crippen molar-refractivity contribution in [2.75, 3.05) is 6.61 Å². The van der Waals surface area contributed by atoms with Gasteiger partial charge in [0.15, 0.2) is 14.0 Å². The van der Waals surface area contributed by atoms with E-state index in [2.05, 4.69) is 39.2 Å². The van der Waals surface area contributed by atoms with E-state index in [0.29, 0.717) is 37.2 Å². The number of nitrogens with one attached hydrogen (secondary N) is 1. The van der Waals surface area contributed by atoms with Crippen molar-refractivity contribution in [3.05, 3.63) is 29.8 Å². The number of rotatable bonds is 8. The summed E-state index contributed by atoms with van der Waals surface area (Å²) in [6.45, 7) is 17.0. The van der Waals surface area contributed by atoms with Crippen LogP contribution >= 0.6 is 0 Å². The summed E-state index contributed by atoms with van der Waals surface area (Å²) in [5.74, 6) is -1.09. The Kier molecular flexibility index (Phi) is 7.34. The zero-order chi connectivity index (χ0) is 25.5. The van der Waals surface area contributed by atoms with E-state index < -0.39 is 20.0 Å². The molecule has 3 rings (SSSR count). The fraction of sp³-hybridized carbons (Fsp3) is 0.654. The van der Waals surface area contributed by atoms with E-state index in [9.17, 15) is 14.4 Å². The van der Waals surface area contributed by atoms with Crippen molar-refractivity contribution >= 4 is 26.0 Å². The van der Waals surface area contributed by atoms with Gasteiger partial charge in [0.2, 0.25) is 11.8 Å². The number of β-lactam (4-membered cyclic amide) rings is 1. The van der Waals surface area contributed by atoms with Gasteiger partial charge in [0.25, 0.3) is 5.91 Å². The smallest absolute Gasteiger partial charge is 0.267 e. The summed E-state index contributed by atoms with van der Waals surface area (Å²) >= 11 is 0. The SMILES string of the molecule is CCC1(CC)Oc2ccccc2C(=O)N1C(=O)C(C)[C@H]1NC(=O)[C@@H]1CCO[Si](C)(C)C(C)(C)C. The molecule has 0 aliphatic carbocycles. The summed E-state index contributed by atoms with van der Waals surface area (Å²) in [7, 11) is -1.92. The largest absolute Gasteiger partial charge is 0.467 e. The molecule has 7 nitrogen and oxygen atoms in total. The predicted molar refractivity (Wildman–Crippen MR) is 134 cm³/mol. The van der Waals surface area contributed by atoms with Crippen molar-refractivity contribution in [3.8, 4) is 5.75 Å². The highest BCUT2D eigenvalue weighted by molar-refractivity contribution is 6.74. The van der Waals surface area contributed by atoms with E-state index >= 15 is 0 Å². The van der Waals surface area contributed by atoms with Gasteiger partial charge in [-0.15, -0.1) is 0 Å². The molecule has 1 aromatic carbocycles. The van der Waals surface area contributed by atoms with Crippen molar-refractivity contribution in [1.82, 2.24) is 10.2 Å². The number of imide groups is 1. The first-order valence-electron chi connectivity index (χ1n) is 12.4. The van der Waals surface area contributed by atoms with E-state index in [-0.39, 0.29) is 34.7 Å². The maximum atomic E-state index is 13.8. The van der Waals surface area contributed by atoms with Crippen molar-refractivity contribution in [2.45, 2.75) is 90.7 Å². The first-order valence-corrected chi connectivity index (χ1v) is 15.3. The second-order valence-electron chi connectivity index (χ2n) is 11.1. The minimum absolute atomic E-state index is 0.0627. The minimum atomic E-state index is -1.92. The quantitative estimate of drug-likeness (QED) is 0.422. The lowest BCUT2D eigenvalue weighted by Gasteiger charge is -2.48. The monoisotopic (exact) mass is 488 g/mol. The zero-order valence-electron chi connectivity index (χ0n) is 21.9. The van der Waals surface area contributed by atoms with Crippen LogP contribution in [0.3, 0.4) is 0 Å². The molecule has 0 aromatic heterocycles. The Morgan fingerprint density at radius 3 is 2.38 bits per heavy atom. The molecular weight excluding hydrogens is 448 g/mol. The van der Waals surface area contributed by atoms with Gasteiger partial charge in [0.1, 0.15) is 5.75 Å².